The number of aryl methyl sites for hydroxylation is 1. The van der Waals surface area contributed by atoms with Gasteiger partial charge in [-0.2, -0.15) is 0 Å². The van der Waals surface area contributed by atoms with Crippen molar-refractivity contribution in [2.45, 2.75) is 45.7 Å². The first-order valence-corrected chi connectivity index (χ1v) is 6.79. The van der Waals surface area contributed by atoms with Crippen molar-refractivity contribution in [2.24, 2.45) is 0 Å². The summed E-state index contributed by atoms with van der Waals surface area (Å²) in [4.78, 5) is 6.92. The normalized spacial score (nSPS) is 18.5. The van der Waals surface area contributed by atoms with Crippen LogP contribution in [0.2, 0.25) is 0 Å². The average molecular weight is 236 g/mol. The average Bonchev–Trinajstić information content (AvgIpc) is 2.92. The number of anilines is 1. The molecule has 1 aliphatic heterocycles. The van der Waals surface area contributed by atoms with Crippen LogP contribution in [0.5, 0.6) is 0 Å². The molecule has 0 aliphatic carbocycles. The first-order chi connectivity index (χ1) is 8.29. The van der Waals surface area contributed by atoms with Crippen LogP contribution in [-0.4, -0.2) is 40.1 Å². The Labute approximate surface area is 104 Å². The summed E-state index contributed by atoms with van der Waals surface area (Å²) in [5, 5.41) is 3.51. The third-order valence-corrected chi connectivity index (χ3v) is 3.29. The Bertz CT molecular complexity index is 328. The molecule has 0 amide bonds. The van der Waals surface area contributed by atoms with Crippen molar-refractivity contribution in [1.82, 2.24) is 14.5 Å². The molecule has 4 heteroatoms. The lowest BCUT2D eigenvalue weighted by atomic mass is 10.3. The summed E-state index contributed by atoms with van der Waals surface area (Å²) < 4.78 is 2.19. The number of likely N-dealkylation sites (tertiary alicyclic amines) is 1. The highest BCUT2D eigenvalue weighted by Gasteiger charge is 2.15. The Balaban J connectivity index is 1.83. The quantitative estimate of drug-likeness (QED) is 0.822. The molecule has 1 saturated heterocycles. The maximum Gasteiger partial charge on any atom is 0.203 e. The second-order valence-electron chi connectivity index (χ2n) is 5.00. The lowest BCUT2D eigenvalue weighted by Gasteiger charge is -2.22. The molecule has 1 N–H and O–H groups in total. The largest absolute Gasteiger partial charge is 0.352 e. The third kappa shape index (κ3) is 3.46. The van der Waals surface area contributed by atoms with Gasteiger partial charge in [0.05, 0.1) is 0 Å². The van der Waals surface area contributed by atoms with Crippen LogP contribution in [0.1, 0.15) is 33.1 Å². The molecule has 0 radical (unpaired) electrons. The number of nitrogens with zero attached hydrogens (tertiary/aromatic N) is 3. The van der Waals surface area contributed by atoms with Crippen molar-refractivity contribution >= 4 is 5.95 Å². The van der Waals surface area contributed by atoms with Gasteiger partial charge >= 0.3 is 0 Å². The molecule has 0 bridgehead atoms. The van der Waals surface area contributed by atoms with Crippen LogP contribution in [0, 0.1) is 0 Å². The van der Waals surface area contributed by atoms with E-state index >= 15 is 0 Å². The molecule has 96 valence electrons. The first-order valence-electron chi connectivity index (χ1n) is 6.79. The van der Waals surface area contributed by atoms with Crippen molar-refractivity contribution in [3.05, 3.63) is 12.4 Å². The molecule has 4 nitrogen and oxygen atoms in total. The minimum atomic E-state index is 0.464. The molecular weight excluding hydrogens is 212 g/mol. The minimum Gasteiger partial charge on any atom is -0.352 e. The molecule has 2 rings (SSSR count). The molecule has 2 heterocycles. The van der Waals surface area contributed by atoms with E-state index in [0.29, 0.717) is 6.04 Å². The fourth-order valence-corrected chi connectivity index (χ4v) is 2.49. The zero-order valence-corrected chi connectivity index (χ0v) is 11.0. The van der Waals surface area contributed by atoms with Crippen LogP contribution in [0.4, 0.5) is 5.95 Å². The molecule has 1 aromatic heterocycles. The molecule has 1 fully saturated rings. The van der Waals surface area contributed by atoms with Crippen molar-refractivity contribution in [3.63, 3.8) is 0 Å². The summed E-state index contributed by atoms with van der Waals surface area (Å²) in [5.41, 5.74) is 0. The monoisotopic (exact) mass is 236 g/mol. The van der Waals surface area contributed by atoms with E-state index in [4.69, 9.17) is 0 Å². The van der Waals surface area contributed by atoms with Gasteiger partial charge in [-0.05, 0) is 39.3 Å². The molecule has 17 heavy (non-hydrogen) atoms. The second-order valence-corrected chi connectivity index (χ2v) is 5.00. The summed E-state index contributed by atoms with van der Waals surface area (Å²) in [5.74, 6) is 1.01. The highest BCUT2D eigenvalue weighted by Crippen LogP contribution is 2.11. The van der Waals surface area contributed by atoms with Crippen LogP contribution < -0.4 is 5.32 Å². The van der Waals surface area contributed by atoms with E-state index in [-0.39, 0.29) is 0 Å². The molecule has 0 spiro atoms. The number of nitrogens with one attached hydrogen (secondary N) is 1. The second kappa shape index (κ2) is 6.05. The SMILES string of the molecule is CCCn1ccnc1NC(C)CN1CCCC1. The van der Waals surface area contributed by atoms with E-state index in [1.807, 2.05) is 6.20 Å². The van der Waals surface area contributed by atoms with E-state index in [2.05, 4.69) is 39.8 Å². The standard InChI is InChI=1S/C13H24N4/c1-3-7-17-10-6-14-13(17)15-12(2)11-16-8-4-5-9-16/h6,10,12H,3-5,7-9,11H2,1-2H3,(H,14,15). The fourth-order valence-electron chi connectivity index (χ4n) is 2.49. The van der Waals surface area contributed by atoms with E-state index in [1.165, 1.54) is 25.9 Å². The summed E-state index contributed by atoms with van der Waals surface area (Å²) >= 11 is 0. The number of hydrogen-bond acceptors (Lipinski definition) is 3. The van der Waals surface area contributed by atoms with Gasteiger partial charge in [-0.25, -0.2) is 4.98 Å². The summed E-state index contributed by atoms with van der Waals surface area (Å²) in [6.45, 7) is 9.11. The predicted octanol–water partition coefficient (Wildman–Crippen LogP) is 2.19. The van der Waals surface area contributed by atoms with Crippen molar-refractivity contribution in [3.8, 4) is 0 Å². The van der Waals surface area contributed by atoms with Crippen molar-refractivity contribution in [2.75, 3.05) is 25.0 Å². The van der Waals surface area contributed by atoms with E-state index in [0.717, 1.165) is 25.5 Å². The lowest BCUT2D eigenvalue weighted by Crippen LogP contribution is -2.33. The molecule has 1 aromatic rings. The number of imidazole rings is 1. The Hall–Kier alpha value is -1.03. The van der Waals surface area contributed by atoms with Gasteiger partial charge in [-0.3, -0.25) is 0 Å². The number of hydrogen-bond donors (Lipinski definition) is 1. The van der Waals surface area contributed by atoms with Crippen molar-refractivity contribution < 1.29 is 0 Å². The zero-order valence-electron chi connectivity index (χ0n) is 11.0. The molecule has 1 unspecified atom stereocenters. The van der Waals surface area contributed by atoms with Gasteiger partial charge in [0.2, 0.25) is 5.95 Å². The minimum absolute atomic E-state index is 0.464. The Morgan fingerprint density at radius 2 is 2.18 bits per heavy atom. The highest BCUT2D eigenvalue weighted by molar-refractivity contribution is 5.27. The van der Waals surface area contributed by atoms with Gasteiger partial charge in [-0.1, -0.05) is 6.92 Å². The first kappa shape index (κ1) is 12.4. The smallest absolute Gasteiger partial charge is 0.203 e. The number of aromatic nitrogens is 2. The van der Waals surface area contributed by atoms with E-state index < -0.39 is 0 Å². The molecule has 0 aromatic carbocycles. The van der Waals surface area contributed by atoms with Gasteiger partial charge in [-0.15, -0.1) is 0 Å². The van der Waals surface area contributed by atoms with Gasteiger partial charge in [0.15, 0.2) is 0 Å². The zero-order chi connectivity index (χ0) is 12.1. The van der Waals surface area contributed by atoms with Crippen molar-refractivity contribution in [1.29, 1.82) is 0 Å². The summed E-state index contributed by atoms with van der Waals surface area (Å²) in [6.07, 6.45) is 7.79. The Kier molecular flexibility index (Phi) is 4.42. The number of rotatable bonds is 6. The topological polar surface area (TPSA) is 33.1 Å². The lowest BCUT2D eigenvalue weighted by molar-refractivity contribution is 0.327. The fraction of sp³-hybridized carbons (Fsp3) is 0.769. The van der Waals surface area contributed by atoms with E-state index in [9.17, 15) is 0 Å². The maximum absolute atomic E-state index is 4.38. The predicted molar refractivity (Wildman–Crippen MR) is 71.3 cm³/mol. The van der Waals surface area contributed by atoms with Crippen LogP contribution >= 0.6 is 0 Å². The Morgan fingerprint density at radius 3 is 2.88 bits per heavy atom. The summed E-state index contributed by atoms with van der Waals surface area (Å²) in [7, 11) is 0. The maximum atomic E-state index is 4.38. The third-order valence-electron chi connectivity index (χ3n) is 3.29. The molecular formula is C13H24N4. The van der Waals surface area contributed by atoms with Gasteiger partial charge in [0.1, 0.15) is 0 Å². The van der Waals surface area contributed by atoms with E-state index in [1.54, 1.807) is 0 Å². The van der Waals surface area contributed by atoms with Gasteiger partial charge in [0, 0.05) is 31.5 Å². The van der Waals surface area contributed by atoms with Crippen LogP contribution in [0.25, 0.3) is 0 Å². The van der Waals surface area contributed by atoms with Gasteiger partial charge < -0.3 is 14.8 Å². The summed E-state index contributed by atoms with van der Waals surface area (Å²) in [6, 6.07) is 0.464. The van der Waals surface area contributed by atoms with Crippen LogP contribution in [-0.2, 0) is 6.54 Å². The van der Waals surface area contributed by atoms with Crippen LogP contribution in [0.15, 0.2) is 12.4 Å². The van der Waals surface area contributed by atoms with Gasteiger partial charge in [0.25, 0.3) is 0 Å². The highest BCUT2D eigenvalue weighted by atomic mass is 15.2. The molecule has 0 saturated carbocycles. The molecule has 1 aliphatic rings. The Morgan fingerprint density at radius 1 is 1.41 bits per heavy atom. The van der Waals surface area contributed by atoms with Crippen LogP contribution in [0.3, 0.4) is 0 Å². The molecule has 1 atom stereocenters.